The number of hydrogen-bond donors (Lipinski definition) is 1. The van der Waals surface area contributed by atoms with Gasteiger partial charge in [0.1, 0.15) is 5.82 Å². The lowest BCUT2D eigenvalue weighted by molar-refractivity contribution is 0.495. The van der Waals surface area contributed by atoms with Crippen LogP contribution in [0.2, 0.25) is 5.02 Å². The van der Waals surface area contributed by atoms with Crippen LogP contribution >= 0.6 is 11.6 Å². The molecule has 1 heterocycles. The Morgan fingerprint density at radius 1 is 1.33 bits per heavy atom. The van der Waals surface area contributed by atoms with Gasteiger partial charge in [-0.15, -0.1) is 0 Å². The van der Waals surface area contributed by atoms with Crippen LogP contribution in [0.4, 0.5) is 4.39 Å². The number of rotatable bonds is 6. The Kier molecular flexibility index (Phi) is 5.37. The van der Waals surface area contributed by atoms with E-state index < -0.39 is 0 Å². The average Bonchev–Trinajstić information content (AvgIpc) is 2.82. The van der Waals surface area contributed by atoms with E-state index in [4.69, 9.17) is 11.6 Å². The van der Waals surface area contributed by atoms with E-state index in [1.807, 2.05) is 18.7 Å². The molecule has 0 spiro atoms. The van der Waals surface area contributed by atoms with Gasteiger partial charge in [0, 0.05) is 12.1 Å². The van der Waals surface area contributed by atoms with Crippen LogP contribution in [0.5, 0.6) is 0 Å². The van der Waals surface area contributed by atoms with E-state index in [0.29, 0.717) is 17.0 Å². The number of likely N-dealkylation sites (N-methyl/N-ethyl adjacent to an activating group) is 1. The molecule has 1 aromatic heterocycles. The van der Waals surface area contributed by atoms with Gasteiger partial charge in [0.05, 0.1) is 17.4 Å². The van der Waals surface area contributed by atoms with E-state index in [1.165, 1.54) is 6.07 Å². The van der Waals surface area contributed by atoms with Crippen molar-refractivity contribution < 1.29 is 4.39 Å². The number of halogens is 2. The fraction of sp³-hybridized carbons (Fsp3) is 0.438. The Morgan fingerprint density at radius 2 is 2.10 bits per heavy atom. The van der Waals surface area contributed by atoms with Crippen LogP contribution < -0.4 is 5.32 Å². The number of nitrogens with one attached hydrogen (secondary N) is 1. The second-order valence-electron chi connectivity index (χ2n) is 5.09. The molecule has 0 fully saturated rings. The zero-order valence-corrected chi connectivity index (χ0v) is 13.4. The summed E-state index contributed by atoms with van der Waals surface area (Å²) in [6.45, 7) is 4.93. The average molecular weight is 310 g/mol. The number of aromatic nitrogens is 2. The highest BCUT2D eigenvalue weighted by Gasteiger charge is 2.18. The zero-order chi connectivity index (χ0) is 15.4. The fourth-order valence-electron chi connectivity index (χ4n) is 2.48. The maximum atomic E-state index is 14.0. The van der Waals surface area contributed by atoms with Crippen molar-refractivity contribution in [2.24, 2.45) is 7.05 Å². The van der Waals surface area contributed by atoms with E-state index in [0.717, 1.165) is 24.4 Å². The molecule has 0 amide bonds. The summed E-state index contributed by atoms with van der Waals surface area (Å²) in [7, 11) is 1.93. The van der Waals surface area contributed by atoms with Gasteiger partial charge < -0.3 is 5.32 Å². The first-order chi connectivity index (χ1) is 10.0. The summed E-state index contributed by atoms with van der Waals surface area (Å²) >= 11 is 5.81. The minimum Gasteiger partial charge on any atom is -0.309 e. The Balaban J connectivity index is 2.28. The van der Waals surface area contributed by atoms with Crippen LogP contribution in [0.25, 0.3) is 0 Å². The third-order valence-electron chi connectivity index (χ3n) is 3.58. The summed E-state index contributed by atoms with van der Waals surface area (Å²) in [6, 6.07) is 6.95. The lowest BCUT2D eigenvalue weighted by Gasteiger charge is -2.18. The molecule has 1 unspecified atom stereocenters. The predicted molar refractivity (Wildman–Crippen MR) is 84.1 cm³/mol. The Morgan fingerprint density at radius 3 is 2.67 bits per heavy atom. The molecule has 5 heteroatoms. The van der Waals surface area contributed by atoms with Crippen molar-refractivity contribution in [1.29, 1.82) is 0 Å². The molecule has 2 rings (SSSR count). The lowest BCUT2D eigenvalue weighted by atomic mass is 10.0. The SMILES string of the molecule is CCNC(Cc1ccc(Cl)cc1F)c1cc(CC)nn1C. The topological polar surface area (TPSA) is 29.9 Å². The highest BCUT2D eigenvalue weighted by atomic mass is 35.5. The quantitative estimate of drug-likeness (QED) is 0.882. The smallest absolute Gasteiger partial charge is 0.127 e. The van der Waals surface area contributed by atoms with Gasteiger partial charge in [-0.2, -0.15) is 5.10 Å². The van der Waals surface area contributed by atoms with E-state index in [2.05, 4.69) is 23.4 Å². The highest BCUT2D eigenvalue weighted by molar-refractivity contribution is 6.30. The van der Waals surface area contributed by atoms with Crippen molar-refractivity contribution in [3.05, 3.63) is 52.1 Å². The van der Waals surface area contributed by atoms with Crippen molar-refractivity contribution in [2.45, 2.75) is 32.7 Å². The lowest BCUT2D eigenvalue weighted by Crippen LogP contribution is -2.25. The number of aryl methyl sites for hydroxylation is 2. The molecule has 2 aromatic rings. The molecule has 1 aromatic carbocycles. The van der Waals surface area contributed by atoms with Crippen LogP contribution in [0.1, 0.15) is 36.8 Å². The molecule has 0 saturated heterocycles. The van der Waals surface area contributed by atoms with Crippen molar-refractivity contribution in [3.8, 4) is 0 Å². The standard InChI is InChI=1S/C16H21ClFN3/c1-4-13-10-16(21(3)20-13)15(19-5-2)8-11-6-7-12(17)9-14(11)18/h6-7,9-10,15,19H,4-5,8H2,1-3H3. The van der Waals surface area contributed by atoms with E-state index in [9.17, 15) is 4.39 Å². The van der Waals surface area contributed by atoms with Gasteiger partial charge in [-0.1, -0.05) is 31.5 Å². The first-order valence-electron chi connectivity index (χ1n) is 7.25. The summed E-state index contributed by atoms with van der Waals surface area (Å²) < 4.78 is 15.9. The molecule has 0 aliphatic rings. The molecule has 1 N–H and O–H groups in total. The van der Waals surface area contributed by atoms with Gasteiger partial charge in [0.2, 0.25) is 0 Å². The van der Waals surface area contributed by atoms with Gasteiger partial charge in [0.25, 0.3) is 0 Å². The first-order valence-corrected chi connectivity index (χ1v) is 7.63. The molecule has 0 aliphatic carbocycles. The van der Waals surface area contributed by atoms with Gasteiger partial charge >= 0.3 is 0 Å². The van der Waals surface area contributed by atoms with Gasteiger partial charge in [-0.3, -0.25) is 4.68 Å². The third-order valence-corrected chi connectivity index (χ3v) is 3.81. The second kappa shape index (κ2) is 7.05. The molecule has 21 heavy (non-hydrogen) atoms. The number of hydrogen-bond acceptors (Lipinski definition) is 2. The van der Waals surface area contributed by atoms with Crippen LogP contribution in [0.15, 0.2) is 24.3 Å². The maximum absolute atomic E-state index is 14.0. The van der Waals surface area contributed by atoms with Crippen molar-refractivity contribution in [1.82, 2.24) is 15.1 Å². The minimum atomic E-state index is -0.261. The van der Waals surface area contributed by atoms with Crippen molar-refractivity contribution in [3.63, 3.8) is 0 Å². The van der Waals surface area contributed by atoms with Crippen molar-refractivity contribution >= 4 is 11.6 Å². The van der Waals surface area contributed by atoms with Crippen LogP contribution in [0.3, 0.4) is 0 Å². The van der Waals surface area contributed by atoms with Crippen LogP contribution in [-0.2, 0) is 19.9 Å². The van der Waals surface area contributed by atoms with Gasteiger partial charge in [-0.05, 0) is 43.1 Å². The summed E-state index contributed by atoms with van der Waals surface area (Å²) in [5, 5.41) is 8.30. The third kappa shape index (κ3) is 3.83. The Bertz CT molecular complexity index is 610. The summed E-state index contributed by atoms with van der Waals surface area (Å²) in [4.78, 5) is 0. The summed E-state index contributed by atoms with van der Waals surface area (Å²) in [6.07, 6.45) is 1.46. The summed E-state index contributed by atoms with van der Waals surface area (Å²) in [5.74, 6) is -0.261. The zero-order valence-electron chi connectivity index (χ0n) is 12.7. The molecular formula is C16H21ClFN3. The molecule has 114 valence electrons. The minimum absolute atomic E-state index is 0.0310. The molecule has 0 aliphatic heterocycles. The molecule has 0 saturated carbocycles. The summed E-state index contributed by atoms with van der Waals surface area (Å²) in [5.41, 5.74) is 2.78. The molecule has 0 radical (unpaired) electrons. The van der Waals surface area contributed by atoms with Gasteiger partial charge in [-0.25, -0.2) is 4.39 Å². The second-order valence-corrected chi connectivity index (χ2v) is 5.52. The Labute approximate surface area is 130 Å². The molecular weight excluding hydrogens is 289 g/mol. The Hall–Kier alpha value is -1.39. The van der Waals surface area contributed by atoms with Crippen LogP contribution in [0, 0.1) is 5.82 Å². The van der Waals surface area contributed by atoms with E-state index in [1.54, 1.807) is 12.1 Å². The molecule has 3 nitrogen and oxygen atoms in total. The van der Waals surface area contributed by atoms with E-state index in [-0.39, 0.29) is 11.9 Å². The first kappa shape index (κ1) is 16.0. The number of nitrogens with zero attached hydrogens (tertiary/aromatic N) is 2. The molecule has 1 atom stereocenters. The fourth-order valence-corrected chi connectivity index (χ4v) is 2.64. The predicted octanol–water partition coefficient (Wildman–Crippen LogP) is 3.67. The normalized spacial score (nSPS) is 12.6. The van der Waals surface area contributed by atoms with Gasteiger partial charge in [0.15, 0.2) is 0 Å². The number of benzene rings is 1. The highest BCUT2D eigenvalue weighted by Crippen LogP contribution is 2.23. The van der Waals surface area contributed by atoms with Crippen LogP contribution in [-0.4, -0.2) is 16.3 Å². The van der Waals surface area contributed by atoms with E-state index >= 15 is 0 Å². The van der Waals surface area contributed by atoms with Crippen molar-refractivity contribution in [2.75, 3.05) is 6.54 Å². The monoisotopic (exact) mass is 309 g/mol. The molecule has 0 bridgehead atoms. The largest absolute Gasteiger partial charge is 0.309 e. The maximum Gasteiger partial charge on any atom is 0.127 e.